The van der Waals surface area contributed by atoms with Crippen molar-refractivity contribution in [3.63, 3.8) is 0 Å². The third kappa shape index (κ3) is 6.62. The number of hydrogen-bond acceptors (Lipinski definition) is 7. The fourth-order valence-electron chi connectivity index (χ4n) is 3.04. The first kappa shape index (κ1) is 25.8. The normalized spacial score (nSPS) is 14.6. The molecule has 8 nitrogen and oxygen atoms in total. The number of nitrogens with one attached hydrogen (secondary N) is 1. The van der Waals surface area contributed by atoms with E-state index in [1.165, 1.54) is 7.11 Å². The van der Waals surface area contributed by atoms with E-state index in [9.17, 15) is 14.4 Å². The number of thioether (sulfide) groups is 1. The predicted octanol–water partition coefficient (Wildman–Crippen LogP) is 4.86. The molecular formula is C24H25BrN2O6S. The van der Waals surface area contributed by atoms with Crippen LogP contribution in [0.15, 0.2) is 45.8 Å². The van der Waals surface area contributed by atoms with Crippen LogP contribution >= 0.6 is 27.7 Å². The van der Waals surface area contributed by atoms with Crippen LogP contribution in [0.3, 0.4) is 0 Å². The lowest BCUT2D eigenvalue weighted by molar-refractivity contribution is -0.123. The Morgan fingerprint density at radius 1 is 1.15 bits per heavy atom. The lowest BCUT2D eigenvalue weighted by Crippen LogP contribution is -2.31. The molecule has 0 unspecified atom stereocenters. The number of rotatable bonds is 10. The molecular weight excluding hydrogens is 524 g/mol. The zero-order valence-corrected chi connectivity index (χ0v) is 21.5. The van der Waals surface area contributed by atoms with Gasteiger partial charge in [-0.15, -0.1) is 0 Å². The van der Waals surface area contributed by atoms with Crippen molar-refractivity contribution in [1.82, 2.24) is 4.90 Å². The summed E-state index contributed by atoms with van der Waals surface area (Å²) in [4.78, 5) is 38.5. The maximum Gasteiger partial charge on any atom is 0.293 e. The van der Waals surface area contributed by atoms with E-state index in [-0.39, 0.29) is 36.8 Å². The molecule has 10 heteroatoms. The molecule has 1 N–H and O–H groups in total. The summed E-state index contributed by atoms with van der Waals surface area (Å²) < 4.78 is 17.0. The van der Waals surface area contributed by atoms with Gasteiger partial charge in [0.15, 0.2) is 18.1 Å². The maximum absolute atomic E-state index is 12.6. The number of nitrogens with zero attached hydrogens (tertiary/aromatic N) is 1. The molecule has 180 valence electrons. The monoisotopic (exact) mass is 548 g/mol. The van der Waals surface area contributed by atoms with E-state index >= 15 is 0 Å². The van der Waals surface area contributed by atoms with Crippen LogP contribution in [-0.2, 0) is 14.3 Å². The number of aryl methyl sites for hydroxylation is 1. The average molecular weight is 549 g/mol. The summed E-state index contributed by atoms with van der Waals surface area (Å²) in [5.41, 5.74) is 2.41. The fourth-order valence-corrected chi connectivity index (χ4v) is 4.33. The number of halogens is 1. The number of benzene rings is 2. The van der Waals surface area contributed by atoms with Gasteiger partial charge in [0.2, 0.25) is 0 Å². The Hall–Kier alpha value is -2.82. The van der Waals surface area contributed by atoms with Gasteiger partial charge in [-0.1, -0.05) is 33.6 Å². The number of imide groups is 1. The van der Waals surface area contributed by atoms with E-state index in [1.54, 1.807) is 18.2 Å². The highest BCUT2D eigenvalue weighted by atomic mass is 79.9. The maximum atomic E-state index is 12.6. The standard InChI is InChI=1S/C24H25BrN2O6S/c1-4-32-19-11-16(12-21-23(29)27(9-10-31-3)24(30)34-21)18(25)13-20(19)33-14-22(28)26-17-7-5-15(2)6-8-17/h5-8,11-13H,4,9-10,14H2,1-3H3,(H,26,28)/b21-12+. The molecule has 3 amide bonds. The molecule has 1 fully saturated rings. The summed E-state index contributed by atoms with van der Waals surface area (Å²) in [6.45, 7) is 4.43. The van der Waals surface area contributed by atoms with Crippen molar-refractivity contribution >= 4 is 56.5 Å². The van der Waals surface area contributed by atoms with Crippen LogP contribution in [0.1, 0.15) is 18.1 Å². The van der Waals surface area contributed by atoms with Crippen molar-refractivity contribution in [3.05, 3.63) is 56.9 Å². The van der Waals surface area contributed by atoms with Gasteiger partial charge in [-0.3, -0.25) is 19.3 Å². The highest BCUT2D eigenvalue weighted by Crippen LogP contribution is 2.38. The first-order valence-electron chi connectivity index (χ1n) is 10.5. The molecule has 2 aromatic rings. The molecule has 2 aromatic carbocycles. The Bertz CT molecular complexity index is 1100. The number of ether oxygens (including phenoxy) is 3. The van der Waals surface area contributed by atoms with Crippen LogP contribution < -0.4 is 14.8 Å². The van der Waals surface area contributed by atoms with Crippen LogP contribution in [0.4, 0.5) is 10.5 Å². The van der Waals surface area contributed by atoms with Crippen LogP contribution in [0, 0.1) is 6.92 Å². The van der Waals surface area contributed by atoms with Crippen LogP contribution in [0.5, 0.6) is 11.5 Å². The summed E-state index contributed by atoms with van der Waals surface area (Å²) in [6, 6.07) is 10.8. The minimum atomic E-state index is -0.370. The van der Waals surface area contributed by atoms with Crippen molar-refractivity contribution in [2.45, 2.75) is 13.8 Å². The van der Waals surface area contributed by atoms with Crippen LogP contribution in [0.2, 0.25) is 0 Å². The Balaban J connectivity index is 1.74. The molecule has 0 aliphatic carbocycles. The van der Waals surface area contributed by atoms with Gasteiger partial charge >= 0.3 is 0 Å². The summed E-state index contributed by atoms with van der Waals surface area (Å²) in [6.07, 6.45) is 1.62. The topological polar surface area (TPSA) is 94.2 Å². The van der Waals surface area contributed by atoms with Gasteiger partial charge < -0.3 is 19.5 Å². The summed E-state index contributed by atoms with van der Waals surface area (Å²) in [5, 5.41) is 2.44. The molecule has 1 aliphatic heterocycles. The summed E-state index contributed by atoms with van der Waals surface area (Å²) in [7, 11) is 1.51. The molecule has 0 bridgehead atoms. The minimum absolute atomic E-state index is 0.196. The predicted molar refractivity (Wildman–Crippen MR) is 135 cm³/mol. The quantitative estimate of drug-likeness (QED) is 0.424. The van der Waals surface area contributed by atoms with Gasteiger partial charge in [-0.2, -0.15) is 0 Å². The van der Waals surface area contributed by atoms with Gasteiger partial charge in [0.05, 0.1) is 24.7 Å². The van der Waals surface area contributed by atoms with Crippen molar-refractivity contribution in [3.8, 4) is 11.5 Å². The summed E-state index contributed by atoms with van der Waals surface area (Å²) in [5.74, 6) is 0.109. The number of methoxy groups -OCH3 is 1. The van der Waals surface area contributed by atoms with Gasteiger partial charge in [0, 0.05) is 17.3 Å². The zero-order valence-electron chi connectivity index (χ0n) is 19.1. The van der Waals surface area contributed by atoms with E-state index in [1.807, 2.05) is 38.1 Å². The second-order valence-electron chi connectivity index (χ2n) is 7.28. The Labute approximate surface area is 210 Å². The second kappa shape index (κ2) is 12.0. The number of anilines is 1. The first-order valence-corrected chi connectivity index (χ1v) is 12.1. The van der Waals surface area contributed by atoms with E-state index in [2.05, 4.69) is 21.2 Å². The SMILES string of the molecule is CCOc1cc(/C=C2/SC(=O)N(CCOC)C2=O)c(Br)cc1OCC(=O)Nc1ccc(C)cc1. The largest absolute Gasteiger partial charge is 0.490 e. The van der Waals surface area contributed by atoms with Crippen molar-refractivity contribution in [2.75, 3.05) is 38.8 Å². The highest BCUT2D eigenvalue weighted by molar-refractivity contribution is 9.10. The number of carbonyl (C=O) groups excluding carboxylic acids is 3. The molecule has 0 spiro atoms. The van der Waals surface area contributed by atoms with Gasteiger partial charge in [-0.05, 0) is 61.5 Å². The van der Waals surface area contributed by atoms with E-state index in [0.29, 0.717) is 38.7 Å². The van der Waals surface area contributed by atoms with Crippen molar-refractivity contribution in [2.24, 2.45) is 0 Å². The first-order chi connectivity index (χ1) is 16.3. The lowest BCUT2D eigenvalue weighted by atomic mass is 10.1. The lowest BCUT2D eigenvalue weighted by Gasteiger charge is -2.14. The van der Waals surface area contributed by atoms with Gasteiger partial charge in [-0.25, -0.2) is 0 Å². The van der Waals surface area contributed by atoms with Crippen molar-refractivity contribution in [1.29, 1.82) is 0 Å². The third-order valence-corrected chi connectivity index (χ3v) is 6.33. The molecule has 0 saturated carbocycles. The number of hydrogen-bond donors (Lipinski definition) is 1. The summed E-state index contributed by atoms with van der Waals surface area (Å²) >= 11 is 4.35. The number of carbonyl (C=O) groups is 3. The van der Waals surface area contributed by atoms with Crippen molar-refractivity contribution < 1.29 is 28.6 Å². The van der Waals surface area contributed by atoms with E-state index in [0.717, 1.165) is 22.2 Å². The Kier molecular flexibility index (Phi) is 9.14. The zero-order chi connectivity index (χ0) is 24.7. The molecule has 0 radical (unpaired) electrons. The van der Waals surface area contributed by atoms with Gasteiger partial charge in [0.25, 0.3) is 17.1 Å². The molecule has 0 atom stereocenters. The second-order valence-corrected chi connectivity index (χ2v) is 9.13. The molecule has 1 heterocycles. The van der Waals surface area contributed by atoms with Crippen LogP contribution in [-0.4, -0.2) is 55.4 Å². The molecule has 1 saturated heterocycles. The van der Waals surface area contributed by atoms with E-state index in [4.69, 9.17) is 14.2 Å². The molecule has 34 heavy (non-hydrogen) atoms. The highest BCUT2D eigenvalue weighted by Gasteiger charge is 2.34. The Morgan fingerprint density at radius 2 is 1.85 bits per heavy atom. The molecule has 1 aliphatic rings. The number of amides is 3. The van der Waals surface area contributed by atoms with Crippen LogP contribution in [0.25, 0.3) is 6.08 Å². The smallest absolute Gasteiger partial charge is 0.293 e. The minimum Gasteiger partial charge on any atom is -0.490 e. The van der Waals surface area contributed by atoms with Gasteiger partial charge in [0.1, 0.15) is 0 Å². The van der Waals surface area contributed by atoms with E-state index < -0.39 is 0 Å². The Morgan fingerprint density at radius 3 is 2.53 bits per heavy atom. The average Bonchev–Trinajstić information content (AvgIpc) is 3.07. The fraction of sp³-hybridized carbons (Fsp3) is 0.292. The molecule has 3 rings (SSSR count). The third-order valence-electron chi connectivity index (χ3n) is 4.74. The molecule has 0 aromatic heterocycles.